The maximum atomic E-state index is 13.8. The third-order valence-electron chi connectivity index (χ3n) is 5.17. The van der Waals surface area contributed by atoms with E-state index in [-0.39, 0.29) is 11.4 Å². The number of hydrogen-bond acceptors (Lipinski definition) is 2. The molecule has 1 aromatic carbocycles. The Hall–Kier alpha value is -0.930. The molecule has 2 rings (SSSR count). The van der Waals surface area contributed by atoms with E-state index in [1.165, 1.54) is 25.3 Å². The third kappa shape index (κ3) is 3.21. The van der Waals surface area contributed by atoms with E-state index in [1.807, 2.05) is 12.1 Å². The molecule has 1 aliphatic rings. The molecule has 3 heteroatoms. The fourth-order valence-electron chi connectivity index (χ4n) is 3.41. The van der Waals surface area contributed by atoms with Crippen LogP contribution in [0, 0.1) is 11.7 Å². The van der Waals surface area contributed by atoms with E-state index in [0.717, 1.165) is 24.3 Å². The number of likely N-dealkylation sites (N-methyl/N-ethyl adjacent to an activating group) is 1. The zero-order chi connectivity index (χ0) is 14.6. The molecule has 0 unspecified atom stereocenters. The van der Waals surface area contributed by atoms with Gasteiger partial charge in [0.05, 0.1) is 0 Å². The minimum atomic E-state index is -0.117. The minimum Gasteiger partial charge on any atom is -0.329 e. The second-order valence-corrected chi connectivity index (χ2v) is 6.23. The molecule has 0 amide bonds. The SMILES string of the molecule is CCC1CCC(CN)(N(C)Cc2ccccc2F)CC1. The van der Waals surface area contributed by atoms with Gasteiger partial charge in [0.25, 0.3) is 0 Å². The molecule has 0 aliphatic heterocycles. The highest BCUT2D eigenvalue weighted by molar-refractivity contribution is 5.17. The maximum Gasteiger partial charge on any atom is 0.127 e. The predicted molar refractivity (Wildman–Crippen MR) is 81.9 cm³/mol. The molecule has 0 heterocycles. The molecular formula is C17H27FN2. The van der Waals surface area contributed by atoms with Crippen LogP contribution in [0.4, 0.5) is 4.39 Å². The van der Waals surface area contributed by atoms with Crippen LogP contribution in [0.25, 0.3) is 0 Å². The number of benzene rings is 1. The highest BCUT2D eigenvalue weighted by Gasteiger charge is 2.37. The van der Waals surface area contributed by atoms with Crippen LogP contribution in [0.15, 0.2) is 24.3 Å². The van der Waals surface area contributed by atoms with Crippen molar-refractivity contribution in [1.29, 1.82) is 0 Å². The average Bonchev–Trinajstić information content (AvgIpc) is 2.49. The van der Waals surface area contributed by atoms with Crippen molar-refractivity contribution in [3.05, 3.63) is 35.6 Å². The van der Waals surface area contributed by atoms with Gasteiger partial charge in [-0.25, -0.2) is 4.39 Å². The number of nitrogens with two attached hydrogens (primary N) is 1. The molecule has 2 N–H and O–H groups in total. The van der Waals surface area contributed by atoms with E-state index < -0.39 is 0 Å². The summed E-state index contributed by atoms with van der Waals surface area (Å²) in [5, 5.41) is 0. The minimum absolute atomic E-state index is 0.0496. The second-order valence-electron chi connectivity index (χ2n) is 6.23. The zero-order valence-corrected chi connectivity index (χ0v) is 12.7. The Labute approximate surface area is 122 Å². The van der Waals surface area contributed by atoms with Crippen molar-refractivity contribution in [2.45, 2.75) is 51.1 Å². The second kappa shape index (κ2) is 6.68. The Bertz CT molecular complexity index is 425. The smallest absolute Gasteiger partial charge is 0.127 e. The zero-order valence-electron chi connectivity index (χ0n) is 12.7. The lowest BCUT2D eigenvalue weighted by molar-refractivity contribution is 0.0571. The number of hydrogen-bond donors (Lipinski definition) is 1. The Morgan fingerprint density at radius 2 is 1.95 bits per heavy atom. The summed E-state index contributed by atoms with van der Waals surface area (Å²) >= 11 is 0. The van der Waals surface area contributed by atoms with Crippen LogP contribution in [0.2, 0.25) is 0 Å². The summed E-state index contributed by atoms with van der Waals surface area (Å²) in [7, 11) is 2.09. The van der Waals surface area contributed by atoms with Crippen molar-refractivity contribution < 1.29 is 4.39 Å². The van der Waals surface area contributed by atoms with Gasteiger partial charge in [0.2, 0.25) is 0 Å². The topological polar surface area (TPSA) is 29.3 Å². The number of rotatable bonds is 5. The summed E-state index contributed by atoms with van der Waals surface area (Å²) in [6, 6.07) is 7.04. The van der Waals surface area contributed by atoms with Crippen LogP contribution in [-0.4, -0.2) is 24.0 Å². The first kappa shape index (κ1) is 15.5. The summed E-state index contributed by atoms with van der Waals surface area (Å²) in [4.78, 5) is 2.28. The van der Waals surface area contributed by atoms with Crippen molar-refractivity contribution in [2.24, 2.45) is 11.7 Å². The van der Waals surface area contributed by atoms with Crippen molar-refractivity contribution in [2.75, 3.05) is 13.6 Å². The Morgan fingerprint density at radius 3 is 2.50 bits per heavy atom. The van der Waals surface area contributed by atoms with E-state index >= 15 is 0 Å². The van der Waals surface area contributed by atoms with Crippen molar-refractivity contribution in [3.63, 3.8) is 0 Å². The molecular weight excluding hydrogens is 251 g/mol. The van der Waals surface area contributed by atoms with Crippen LogP contribution < -0.4 is 5.73 Å². The largest absolute Gasteiger partial charge is 0.329 e. The van der Waals surface area contributed by atoms with Crippen molar-refractivity contribution >= 4 is 0 Å². The van der Waals surface area contributed by atoms with E-state index in [2.05, 4.69) is 18.9 Å². The van der Waals surface area contributed by atoms with Gasteiger partial charge in [-0.3, -0.25) is 4.90 Å². The summed E-state index contributed by atoms with van der Waals surface area (Å²) in [6.45, 7) is 3.57. The molecule has 0 aromatic heterocycles. The molecule has 0 radical (unpaired) electrons. The molecule has 1 aliphatic carbocycles. The molecule has 20 heavy (non-hydrogen) atoms. The van der Waals surface area contributed by atoms with Crippen LogP contribution in [0.1, 0.15) is 44.6 Å². The summed E-state index contributed by atoms with van der Waals surface area (Å²) in [5.41, 5.74) is 6.90. The molecule has 1 saturated carbocycles. The number of halogens is 1. The first-order valence-electron chi connectivity index (χ1n) is 7.76. The molecule has 0 atom stereocenters. The predicted octanol–water partition coefficient (Wildman–Crippen LogP) is 3.56. The van der Waals surface area contributed by atoms with Gasteiger partial charge in [-0.05, 0) is 44.7 Å². The quantitative estimate of drug-likeness (QED) is 0.892. The fraction of sp³-hybridized carbons (Fsp3) is 0.647. The highest BCUT2D eigenvalue weighted by atomic mass is 19.1. The average molecular weight is 278 g/mol. The molecule has 1 aromatic rings. The standard InChI is InChI=1S/C17H27FN2/c1-3-14-8-10-17(13-19,11-9-14)20(2)12-15-6-4-5-7-16(15)18/h4-7,14H,3,8-13,19H2,1-2H3. The van der Waals surface area contributed by atoms with Gasteiger partial charge in [0.15, 0.2) is 0 Å². The monoisotopic (exact) mass is 278 g/mol. The Kier molecular flexibility index (Phi) is 5.17. The van der Waals surface area contributed by atoms with Crippen LogP contribution in [-0.2, 0) is 6.54 Å². The normalized spacial score (nSPS) is 26.9. The molecule has 0 saturated heterocycles. The van der Waals surface area contributed by atoms with Gasteiger partial charge < -0.3 is 5.73 Å². The van der Waals surface area contributed by atoms with Crippen LogP contribution >= 0.6 is 0 Å². The molecule has 2 nitrogen and oxygen atoms in total. The summed E-state index contributed by atoms with van der Waals surface area (Å²) in [6.07, 6.45) is 6.02. The van der Waals surface area contributed by atoms with Gasteiger partial charge in [0.1, 0.15) is 5.82 Å². The van der Waals surface area contributed by atoms with E-state index in [0.29, 0.717) is 13.1 Å². The first-order valence-corrected chi connectivity index (χ1v) is 7.76. The molecule has 0 bridgehead atoms. The fourth-order valence-corrected chi connectivity index (χ4v) is 3.41. The number of nitrogens with zero attached hydrogens (tertiary/aromatic N) is 1. The lowest BCUT2D eigenvalue weighted by Crippen LogP contribution is -2.53. The lowest BCUT2D eigenvalue weighted by atomic mass is 9.74. The van der Waals surface area contributed by atoms with Gasteiger partial charge in [-0.15, -0.1) is 0 Å². The first-order chi connectivity index (χ1) is 9.61. The highest BCUT2D eigenvalue weighted by Crippen LogP contribution is 2.37. The third-order valence-corrected chi connectivity index (χ3v) is 5.17. The van der Waals surface area contributed by atoms with E-state index in [9.17, 15) is 4.39 Å². The molecule has 112 valence electrons. The van der Waals surface area contributed by atoms with Crippen LogP contribution in [0.3, 0.4) is 0 Å². The lowest BCUT2D eigenvalue weighted by Gasteiger charge is -2.46. The van der Waals surface area contributed by atoms with Gasteiger partial charge in [0, 0.05) is 24.2 Å². The summed E-state index contributed by atoms with van der Waals surface area (Å²) in [5.74, 6) is 0.727. The van der Waals surface area contributed by atoms with E-state index in [4.69, 9.17) is 5.73 Å². The maximum absolute atomic E-state index is 13.8. The molecule has 0 spiro atoms. The molecule has 1 fully saturated rings. The Balaban J connectivity index is 2.06. The van der Waals surface area contributed by atoms with Crippen molar-refractivity contribution in [1.82, 2.24) is 4.90 Å². The van der Waals surface area contributed by atoms with Gasteiger partial charge >= 0.3 is 0 Å². The van der Waals surface area contributed by atoms with E-state index in [1.54, 1.807) is 6.07 Å². The van der Waals surface area contributed by atoms with Gasteiger partial charge in [-0.1, -0.05) is 31.5 Å². The van der Waals surface area contributed by atoms with Crippen LogP contribution in [0.5, 0.6) is 0 Å². The van der Waals surface area contributed by atoms with Crippen molar-refractivity contribution in [3.8, 4) is 0 Å². The summed E-state index contributed by atoms with van der Waals surface area (Å²) < 4.78 is 13.8. The van der Waals surface area contributed by atoms with Gasteiger partial charge in [-0.2, -0.15) is 0 Å². The Morgan fingerprint density at radius 1 is 1.30 bits per heavy atom.